The molecule has 0 spiro atoms. The van der Waals surface area contributed by atoms with Crippen molar-refractivity contribution in [2.24, 2.45) is 0 Å². The summed E-state index contributed by atoms with van der Waals surface area (Å²) in [5.74, 6) is 0.933. The van der Waals surface area contributed by atoms with Crippen molar-refractivity contribution in [2.75, 3.05) is 0 Å². The average molecular weight is 318 g/mol. The fraction of sp³-hybridized carbons (Fsp3) is 0.353. The van der Waals surface area contributed by atoms with Gasteiger partial charge in [0.25, 0.3) is 0 Å². The van der Waals surface area contributed by atoms with E-state index in [1.54, 1.807) is 0 Å². The van der Waals surface area contributed by atoms with Crippen LogP contribution in [0, 0.1) is 0 Å². The van der Waals surface area contributed by atoms with Gasteiger partial charge in [0.05, 0.1) is 0 Å². The third kappa shape index (κ3) is 3.44. The van der Waals surface area contributed by atoms with Crippen molar-refractivity contribution in [3.05, 3.63) is 65.5 Å². The molecule has 1 nitrogen and oxygen atoms in total. The van der Waals surface area contributed by atoms with Crippen molar-refractivity contribution in [1.29, 1.82) is 0 Å². The Morgan fingerprint density at radius 2 is 1.53 bits per heavy atom. The normalized spacial score (nSPS) is 14.4. The molecule has 19 heavy (non-hydrogen) atoms. The summed E-state index contributed by atoms with van der Waals surface area (Å²) in [5, 5.41) is 0. The van der Waals surface area contributed by atoms with Crippen LogP contribution in [0.4, 0.5) is 0 Å². The second-order valence-electron chi connectivity index (χ2n) is 5.27. The number of nitrogens with zero attached hydrogens (tertiary/aromatic N) is 1. The number of rotatable bonds is 4. The van der Waals surface area contributed by atoms with E-state index in [0.717, 1.165) is 5.69 Å². The molecule has 0 radical (unpaired) electrons. The van der Waals surface area contributed by atoms with Crippen LogP contribution < -0.4 is 0 Å². The first-order chi connectivity index (χ1) is 9.09. The Morgan fingerprint density at radius 1 is 0.895 bits per heavy atom. The molecule has 100 valence electrons. The Balaban J connectivity index is 2.17. The van der Waals surface area contributed by atoms with E-state index in [2.05, 4.69) is 72.0 Å². The summed E-state index contributed by atoms with van der Waals surface area (Å²) in [4.78, 5) is 4.74. The summed E-state index contributed by atoms with van der Waals surface area (Å²) in [6.45, 7) is 6.65. The van der Waals surface area contributed by atoms with Crippen LogP contribution in [0.3, 0.4) is 0 Å². The van der Waals surface area contributed by atoms with E-state index in [4.69, 9.17) is 0 Å². The highest BCUT2D eigenvalue weighted by Gasteiger charge is 2.18. The number of pyridine rings is 1. The molecule has 0 fully saturated rings. The van der Waals surface area contributed by atoms with Gasteiger partial charge in [-0.25, -0.2) is 0 Å². The molecule has 2 aromatic rings. The lowest BCUT2D eigenvalue weighted by Crippen LogP contribution is -2.04. The summed E-state index contributed by atoms with van der Waals surface area (Å²) in [7, 11) is 0. The number of alkyl halides is 1. The molecule has 2 heteroatoms. The maximum Gasteiger partial charge on any atom is 0.0476 e. The molecule has 0 amide bonds. The lowest BCUT2D eigenvalue weighted by molar-refractivity contribution is 0.723. The molecule has 2 rings (SSSR count). The molecule has 2 atom stereocenters. The molecule has 2 unspecified atom stereocenters. The van der Waals surface area contributed by atoms with Crippen LogP contribution in [0.5, 0.6) is 0 Å². The fourth-order valence-corrected chi connectivity index (χ4v) is 2.72. The van der Waals surface area contributed by atoms with E-state index in [-0.39, 0.29) is 0 Å². The van der Waals surface area contributed by atoms with Gasteiger partial charge in [0.15, 0.2) is 0 Å². The molecular formula is C17H20BrN. The number of halogens is 1. The van der Waals surface area contributed by atoms with Gasteiger partial charge in [-0.15, -0.1) is 0 Å². The Kier molecular flexibility index (Phi) is 4.76. The number of hydrogen-bond acceptors (Lipinski definition) is 1. The highest BCUT2D eigenvalue weighted by molar-refractivity contribution is 9.09. The molecule has 0 N–H and O–H groups in total. The van der Waals surface area contributed by atoms with E-state index in [0.29, 0.717) is 16.7 Å². The number of aromatic nitrogens is 1. The largest absolute Gasteiger partial charge is 0.261 e. The first-order valence-corrected chi connectivity index (χ1v) is 7.66. The van der Waals surface area contributed by atoms with Crippen molar-refractivity contribution >= 4 is 15.9 Å². The first kappa shape index (κ1) is 14.3. The van der Waals surface area contributed by atoms with Crippen LogP contribution in [0.15, 0.2) is 48.7 Å². The van der Waals surface area contributed by atoms with Crippen LogP contribution in [0.25, 0.3) is 0 Å². The third-order valence-corrected chi connectivity index (χ3v) is 4.84. The first-order valence-electron chi connectivity index (χ1n) is 6.74. The lowest BCUT2D eigenvalue weighted by atomic mass is 9.95. The highest BCUT2D eigenvalue weighted by atomic mass is 79.9. The maximum atomic E-state index is 4.44. The Bertz CT molecular complexity index is 505. The Morgan fingerprint density at radius 3 is 2.05 bits per heavy atom. The zero-order chi connectivity index (χ0) is 13.8. The zero-order valence-corrected chi connectivity index (χ0v) is 13.3. The molecule has 0 aliphatic rings. The van der Waals surface area contributed by atoms with Crippen molar-refractivity contribution in [1.82, 2.24) is 4.98 Å². The van der Waals surface area contributed by atoms with Gasteiger partial charge in [-0.05, 0) is 29.2 Å². The van der Waals surface area contributed by atoms with Gasteiger partial charge in [0.1, 0.15) is 0 Å². The molecule has 0 saturated heterocycles. The molecule has 0 aliphatic carbocycles. The van der Waals surface area contributed by atoms with Crippen LogP contribution in [-0.4, -0.2) is 4.98 Å². The summed E-state index contributed by atoms with van der Waals surface area (Å²) in [5.41, 5.74) is 3.81. The molecule has 0 bridgehead atoms. The topological polar surface area (TPSA) is 12.9 Å². The number of hydrogen-bond donors (Lipinski definition) is 0. The monoisotopic (exact) mass is 317 g/mol. The van der Waals surface area contributed by atoms with Gasteiger partial charge in [-0.1, -0.05) is 67.0 Å². The van der Waals surface area contributed by atoms with Gasteiger partial charge >= 0.3 is 0 Å². The van der Waals surface area contributed by atoms with Gasteiger partial charge in [0.2, 0.25) is 0 Å². The van der Waals surface area contributed by atoms with Crippen LogP contribution >= 0.6 is 15.9 Å². The minimum atomic E-state index is 0.295. The third-order valence-electron chi connectivity index (χ3n) is 3.51. The standard InChI is InChI=1S/C17H20BrN/c1-12(2)14-7-9-15(10-8-14)17(18)13(3)16-6-4-5-11-19-16/h4-13,17H,1-3H3. The minimum Gasteiger partial charge on any atom is -0.261 e. The summed E-state index contributed by atoms with van der Waals surface area (Å²) < 4.78 is 0. The fourth-order valence-electron chi connectivity index (χ4n) is 2.15. The van der Waals surface area contributed by atoms with Gasteiger partial charge in [0, 0.05) is 22.6 Å². The predicted octanol–water partition coefficient (Wildman–Crippen LogP) is 5.44. The van der Waals surface area contributed by atoms with Crippen LogP contribution in [0.2, 0.25) is 0 Å². The predicted molar refractivity (Wildman–Crippen MR) is 84.9 cm³/mol. The molecule has 1 aromatic heterocycles. The average Bonchev–Trinajstić information content (AvgIpc) is 2.46. The van der Waals surface area contributed by atoms with E-state index in [1.165, 1.54) is 11.1 Å². The Hall–Kier alpha value is -1.15. The second kappa shape index (κ2) is 6.33. The van der Waals surface area contributed by atoms with Crippen molar-refractivity contribution in [2.45, 2.75) is 37.4 Å². The lowest BCUT2D eigenvalue weighted by Gasteiger charge is -2.19. The smallest absolute Gasteiger partial charge is 0.0476 e. The maximum absolute atomic E-state index is 4.44. The van der Waals surface area contributed by atoms with E-state index in [1.807, 2.05) is 18.3 Å². The molecule has 0 saturated carbocycles. The van der Waals surface area contributed by atoms with Crippen LogP contribution in [0.1, 0.15) is 54.3 Å². The van der Waals surface area contributed by atoms with E-state index in [9.17, 15) is 0 Å². The molecule has 0 aliphatic heterocycles. The SMILES string of the molecule is CC(C)c1ccc(C(Br)C(C)c2ccccn2)cc1. The van der Waals surface area contributed by atoms with Gasteiger partial charge in [-0.2, -0.15) is 0 Å². The van der Waals surface area contributed by atoms with Gasteiger partial charge in [-0.3, -0.25) is 4.98 Å². The quantitative estimate of drug-likeness (QED) is 0.684. The van der Waals surface area contributed by atoms with E-state index < -0.39 is 0 Å². The summed E-state index contributed by atoms with van der Waals surface area (Å²) in [6.07, 6.45) is 1.85. The molecule has 1 aromatic carbocycles. The Labute approximate surface area is 124 Å². The van der Waals surface area contributed by atoms with Gasteiger partial charge < -0.3 is 0 Å². The molecular weight excluding hydrogens is 298 g/mol. The van der Waals surface area contributed by atoms with Crippen molar-refractivity contribution < 1.29 is 0 Å². The highest BCUT2D eigenvalue weighted by Crippen LogP contribution is 2.37. The number of benzene rings is 1. The zero-order valence-electron chi connectivity index (χ0n) is 11.7. The summed E-state index contributed by atoms with van der Waals surface area (Å²) in [6, 6.07) is 15.0. The van der Waals surface area contributed by atoms with Crippen LogP contribution in [-0.2, 0) is 0 Å². The molecule has 1 heterocycles. The second-order valence-corrected chi connectivity index (χ2v) is 6.25. The van der Waals surface area contributed by atoms with Crippen molar-refractivity contribution in [3.63, 3.8) is 0 Å². The van der Waals surface area contributed by atoms with Crippen molar-refractivity contribution in [3.8, 4) is 0 Å². The minimum absolute atomic E-state index is 0.295. The summed E-state index contributed by atoms with van der Waals surface area (Å²) >= 11 is 3.81. The van der Waals surface area contributed by atoms with E-state index >= 15 is 0 Å².